The van der Waals surface area contributed by atoms with Gasteiger partial charge in [0.15, 0.2) is 16.3 Å². The van der Waals surface area contributed by atoms with Gasteiger partial charge in [-0.25, -0.2) is 4.98 Å². The zero-order valence-electron chi connectivity index (χ0n) is 18.0. The van der Waals surface area contributed by atoms with E-state index in [0.717, 1.165) is 0 Å². The summed E-state index contributed by atoms with van der Waals surface area (Å²) < 4.78 is 11.4. The van der Waals surface area contributed by atoms with Gasteiger partial charge in [-0.2, -0.15) is 4.98 Å². The summed E-state index contributed by atoms with van der Waals surface area (Å²) in [6, 6.07) is 15.6. The van der Waals surface area contributed by atoms with Crippen molar-refractivity contribution >= 4 is 51.8 Å². The average molecular weight is 481 g/mol. The van der Waals surface area contributed by atoms with Gasteiger partial charge < -0.3 is 14.5 Å². The summed E-state index contributed by atoms with van der Waals surface area (Å²) in [5.41, 5.74) is 2.71. The minimum atomic E-state index is -0.331. The van der Waals surface area contributed by atoms with Gasteiger partial charge in [-0.1, -0.05) is 25.4 Å². The first kappa shape index (κ1) is 22.7. The minimum Gasteiger partial charge on any atom is -0.493 e. The van der Waals surface area contributed by atoms with Crippen LogP contribution in [0.1, 0.15) is 24.2 Å². The molecule has 2 aromatic carbocycles. The zero-order valence-corrected chi connectivity index (χ0v) is 19.5. The lowest BCUT2D eigenvalue weighted by Gasteiger charge is -2.12. The van der Waals surface area contributed by atoms with Gasteiger partial charge >= 0.3 is 0 Å². The number of aromatic nitrogens is 2. The fraction of sp³-hybridized carbons (Fsp3) is 0.167. The number of hydrogen-bond acceptors (Lipinski definition) is 6. The van der Waals surface area contributed by atoms with Crippen LogP contribution in [0.4, 0.5) is 5.69 Å². The van der Waals surface area contributed by atoms with Gasteiger partial charge in [0, 0.05) is 17.4 Å². The van der Waals surface area contributed by atoms with Gasteiger partial charge in [0.2, 0.25) is 5.89 Å². The second kappa shape index (κ2) is 9.97. The molecule has 0 radical (unpaired) electrons. The van der Waals surface area contributed by atoms with Crippen LogP contribution in [0.3, 0.4) is 0 Å². The molecule has 0 unspecified atom stereocenters. The summed E-state index contributed by atoms with van der Waals surface area (Å²) in [4.78, 5) is 21.1. The Morgan fingerprint density at radius 3 is 2.70 bits per heavy atom. The molecule has 0 aliphatic heterocycles. The Kier molecular flexibility index (Phi) is 6.86. The van der Waals surface area contributed by atoms with Crippen molar-refractivity contribution in [1.82, 2.24) is 15.3 Å². The van der Waals surface area contributed by atoms with E-state index in [9.17, 15) is 4.79 Å². The maximum Gasteiger partial charge on any atom is 0.257 e. The van der Waals surface area contributed by atoms with Crippen LogP contribution in [0.2, 0.25) is 5.02 Å². The summed E-state index contributed by atoms with van der Waals surface area (Å²) in [6.07, 6.45) is 1.64. The summed E-state index contributed by atoms with van der Waals surface area (Å²) in [7, 11) is 0. The Morgan fingerprint density at radius 1 is 1.18 bits per heavy atom. The second-order valence-electron chi connectivity index (χ2n) is 7.68. The lowest BCUT2D eigenvalue weighted by atomic mass is 10.2. The Balaban J connectivity index is 1.42. The van der Waals surface area contributed by atoms with E-state index in [1.807, 2.05) is 0 Å². The number of oxazole rings is 1. The van der Waals surface area contributed by atoms with Crippen molar-refractivity contribution in [2.24, 2.45) is 5.92 Å². The molecule has 2 aromatic heterocycles. The highest BCUT2D eigenvalue weighted by Gasteiger charge is 2.14. The molecule has 33 heavy (non-hydrogen) atoms. The van der Waals surface area contributed by atoms with Crippen LogP contribution in [-0.4, -0.2) is 27.6 Å². The number of anilines is 1. The fourth-order valence-electron chi connectivity index (χ4n) is 2.95. The van der Waals surface area contributed by atoms with Crippen molar-refractivity contribution in [3.05, 3.63) is 71.4 Å². The number of ether oxygens (including phenoxy) is 1. The molecule has 2 heterocycles. The van der Waals surface area contributed by atoms with Crippen molar-refractivity contribution in [2.75, 3.05) is 11.9 Å². The molecule has 2 N–H and O–H groups in total. The first-order chi connectivity index (χ1) is 15.9. The standard InChI is InChI=1S/C24H21ClN4O3S/c1-14(2)13-31-17-8-5-15(6-9-17)22(30)29-24(33)27-16-7-10-19(25)18(12-16)23-28-21-20(32-23)4-3-11-26-21/h3-12,14H,13H2,1-2H3,(H2,27,29,30,33). The van der Waals surface area contributed by atoms with Gasteiger partial charge in [0.05, 0.1) is 17.2 Å². The van der Waals surface area contributed by atoms with E-state index < -0.39 is 0 Å². The van der Waals surface area contributed by atoms with Crippen molar-refractivity contribution in [3.8, 4) is 17.2 Å². The molecule has 0 aliphatic carbocycles. The molecule has 9 heteroatoms. The van der Waals surface area contributed by atoms with Gasteiger partial charge in [0.1, 0.15) is 5.75 Å². The van der Waals surface area contributed by atoms with E-state index in [0.29, 0.717) is 57.2 Å². The Bertz CT molecular complexity index is 1270. The first-order valence-electron chi connectivity index (χ1n) is 10.3. The molecular formula is C24H21ClN4O3S. The van der Waals surface area contributed by atoms with E-state index in [2.05, 4.69) is 34.4 Å². The van der Waals surface area contributed by atoms with E-state index in [-0.39, 0.29) is 11.0 Å². The largest absolute Gasteiger partial charge is 0.493 e. The van der Waals surface area contributed by atoms with Crippen LogP contribution < -0.4 is 15.4 Å². The van der Waals surface area contributed by atoms with Crippen molar-refractivity contribution in [3.63, 3.8) is 0 Å². The number of hydrogen-bond donors (Lipinski definition) is 2. The summed E-state index contributed by atoms with van der Waals surface area (Å²) >= 11 is 11.7. The number of benzene rings is 2. The van der Waals surface area contributed by atoms with Gasteiger partial charge in [-0.15, -0.1) is 0 Å². The lowest BCUT2D eigenvalue weighted by molar-refractivity contribution is 0.0977. The van der Waals surface area contributed by atoms with Gasteiger partial charge in [-0.05, 0) is 72.7 Å². The van der Waals surface area contributed by atoms with Crippen molar-refractivity contribution < 1.29 is 13.9 Å². The number of nitrogens with one attached hydrogen (secondary N) is 2. The van der Waals surface area contributed by atoms with Crippen LogP contribution in [0.25, 0.3) is 22.7 Å². The number of pyridine rings is 1. The average Bonchev–Trinajstić information content (AvgIpc) is 3.23. The number of carbonyl (C=O) groups is 1. The van der Waals surface area contributed by atoms with E-state index in [1.165, 1.54) is 0 Å². The predicted octanol–water partition coefficient (Wildman–Crippen LogP) is 5.70. The first-order valence-corrected chi connectivity index (χ1v) is 11.0. The number of nitrogens with zero attached hydrogens (tertiary/aromatic N) is 2. The highest BCUT2D eigenvalue weighted by Crippen LogP contribution is 2.31. The van der Waals surface area contributed by atoms with Crippen molar-refractivity contribution in [2.45, 2.75) is 13.8 Å². The number of fused-ring (bicyclic) bond motifs is 1. The highest BCUT2D eigenvalue weighted by molar-refractivity contribution is 7.80. The predicted molar refractivity (Wildman–Crippen MR) is 133 cm³/mol. The lowest BCUT2D eigenvalue weighted by Crippen LogP contribution is -2.34. The van der Waals surface area contributed by atoms with Crippen LogP contribution in [0.5, 0.6) is 5.75 Å². The maximum absolute atomic E-state index is 12.5. The molecule has 0 atom stereocenters. The van der Waals surface area contributed by atoms with Gasteiger partial charge in [0.25, 0.3) is 5.91 Å². The molecule has 0 bridgehead atoms. The molecule has 0 saturated heterocycles. The SMILES string of the molecule is CC(C)COc1ccc(C(=O)NC(=S)Nc2ccc(Cl)c(-c3nc4ncccc4o3)c2)cc1. The molecular weight excluding hydrogens is 460 g/mol. The van der Waals surface area contributed by atoms with Crippen molar-refractivity contribution in [1.29, 1.82) is 0 Å². The summed E-state index contributed by atoms with van der Waals surface area (Å²) in [5, 5.41) is 6.26. The summed E-state index contributed by atoms with van der Waals surface area (Å²) in [6.45, 7) is 4.76. The van der Waals surface area contributed by atoms with E-state index in [1.54, 1.807) is 60.8 Å². The molecule has 0 spiro atoms. The van der Waals surface area contributed by atoms with E-state index >= 15 is 0 Å². The number of carbonyl (C=O) groups excluding carboxylic acids is 1. The molecule has 4 aromatic rings. The third kappa shape index (κ3) is 5.66. The quantitative estimate of drug-likeness (QED) is 0.342. The molecule has 0 fully saturated rings. The van der Waals surface area contributed by atoms with Crippen LogP contribution in [0.15, 0.2) is 65.2 Å². The normalized spacial score (nSPS) is 10.9. The topological polar surface area (TPSA) is 89.3 Å². The van der Waals surface area contributed by atoms with Crippen LogP contribution in [-0.2, 0) is 0 Å². The zero-order chi connectivity index (χ0) is 23.4. The number of amides is 1. The monoisotopic (exact) mass is 480 g/mol. The summed E-state index contributed by atoms with van der Waals surface area (Å²) in [5.74, 6) is 1.14. The third-order valence-corrected chi connectivity index (χ3v) is 5.08. The molecule has 4 rings (SSSR count). The fourth-order valence-corrected chi connectivity index (χ4v) is 3.36. The molecule has 0 saturated carbocycles. The molecule has 1 amide bonds. The molecule has 0 aliphatic rings. The van der Waals surface area contributed by atoms with Crippen LogP contribution >= 0.6 is 23.8 Å². The maximum atomic E-state index is 12.5. The highest BCUT2D eigenvalue weighted by atomic mass is 35.5. The smallest absolute Gasteiger partial charge is 0.257 e. The molecule has 7 nitrogen and oxygen atoms in total. The van der Waals surface area contributed by atoms with E-state index in [4.69, 9.17) is 33.0 Å². The Hall–Kier alpha value is -3.49. The van der Waals surface area contributed by atoms with Crippen LogP contribution in [0, 0.1) is 5.92 Å². The Morgan fingerprint density at radius 2 is 1.97 bits per heavy atom. The molecule has 168 valence electrons. The second-order valence-corrected chi connectivity index (χ2v) is 8.49. The minimum absolute atomic E-state index is 0.146. The number of thiocarbonyl (C=S) groups is 1. The third-order valence-electron chi connectivity index (χ3n) is 4.55. The number of halogens is 1. The Labute approximate surface area is 201 Å². The number of rotatable bonds is 6. The van der Waals surface area contributed by atoms with Gasteiger partial charge in [-0.3, -0.25) is 10.1 Å².